The zero-order valence-corrected chi connectivity index (χ0v) is 14.1. The van der Waals surface area contributed by atoms with Gasteiger partial charge in [-0.25, -0.2) is 4.39 Å². The first kappa shape index (κ1) is 17.1. The molecule has 4 nitrogen and oxygen atoms in total. The fraction of sp³-hybridized carbons (Fsp3) is 0.300. The van der Waals surface area contributed by atoms with Crippen molar-refractivity contribution in [3.05, 3.63) is 65.5 Å². The van der Waals surface area contributed by atoms with Crippen molar-refractivity contribution in [3.8, 4) is 0 Å². The van der Waals surface area contributed by atoms with Crippen LogP contribution in [-0.4, -0.2) is 17.0 Å². The van der Waals surface area contributed by atoms with E-state index in [1.54, 1.807) is 50.2 Å². The predicted molar refractivity (Wildman–Crippen MR) is 93.0 cm³/mol. The lowest BCUT2D eigenvalue weighted by Crippen LogP contribution is -2.28. The number of carbonyl (C=O) groups excluding carboxylic acids is 1. The third kappa shape index (κ3) is 3.55. The van der Waals surface area contributed by atoms with Gasteiger partial charge < -0.3 is 10.4 Å². The van der Waals surface area contributed by atoms with Crippen LogP contribution in [0.15, 0.2) is 48.5 Å². The summed E-state index contributed by atoms with van der Waals surface area (Å²) in [7, 11) is 0. The van der Waals surface area contributed by atoms with Crippen molar-refractivity contribution in [1.29, 1.82) is 0 Å². The van der Waals surface area contributed by atoms with E-state index in [9.17, 15) is 19.1 Å². The molecule has 0 bridgehead atoms. The molecule has 1 amide bonds. The van der Waals surface area contributed by atoms with Crippen molar-refractivity contribution in [1.82, 2.24) is 0 Å². The molecular formula is C20H20FNO3. The van der Waals surface area contributed by atoms with Gasteiger partial charge in [0, 0.05) is 11.6 Å². The zero-order valence-electron chi connectivity index (χ0n) is 14.1. The minimum atomic E-state index is -0.979. The molecule has 0 saturated heterocycles. The number of hydrogen-bond acceptors (Lipinski definition) is 2. The number of nitrogens with one attached hydrogen (secondary N) is 1. The number of benzene rings is 2. The molecule has 2 atom stereocenters. The standard InChI is InChI=1S/C20H20FNO3/c1-20(2,19(24)25)13-5-9-15(10-6-13)22-18(23)17-11-16(17)12-3-7-14(21)8-4-12/h3-10,16-17H,11H2,1-2H3,(H,22,23)(H,24,25). The molecule has 0 aromatic heterocycles. The van der Waals surface area contributed by atoms with Gasteiger partial charge in [-0.15, -0.1) is 0 Å². The Balaban J connectivity index is 1.62. The highest BCUT2D eigenvalue weighted by Crippen LogP contribution is 2.48. The number of halogens is 1. The maximum atomic E-state index is 13.0. The number of anilines is 1. The number of rotatable bonds is 5. The lowest BCUT2D eigenvalue weighted by Gasteiger charge is -2.19. The van der Waals surface area contributed by atoms with Gasteiger partial charge in [0.25, 0.3) is 0 Å². The summed E-state index contributed by atoms with van der Waals surface area (Å²) in [5.74, 6) is -1.23. The van der Waals surface area contributed by atoms with E-state index in [2.05, 4.69) is 5.32 Å². The summed E-state index contributed by atoms with van der Waals surface area (Å²) in [4.78, 5) is 23.6. The van der Waals surface area contributed by atoms with Crippen molar-refractivity contribution in [3.63, 3.8) is 0 Å². The Morgan fingerprint density at radius 1 is 1.08 bits per heavy atom. The maximum Gasteiger partial charge on any atom is 0.313 e. The molecule has 0 radical (unpaired) electrons. The van der Waals surface area contributed by atoms with Gasteiger partial charge in [0.05, 0.1) is 5.41 Å². The van der Waals surface area contributed by atoms with Gasteiger partial charge in [-0.2, -0.15) is 0 Å². The molecule has 0 spiro atoms. The normalized spacial score (nSPS) is 19.3. The van der Waals surface area contributed by atoms with Gasteiger partial charge in [0.2, 0.25) is 5.91 Å². The quantitative estimate of drug-likeness (QED) is 0.866. The molecule has 130 valence electrons. The molecule has 2 aromatic rings. The van der Waals surface area contributed by atoms with Crippen LogP contribution in [0.25, 0.3) is 0 Å². The smallest absolute Gasteiger partial charge is 0.313 e. The third-order valence-corrected chi connectivity index (χ3v) is 4.83. The molecular weight excluding hydrogens is 321 g/mol. The van der Waals surface area contributed by atoms with Crippen molar-refractivity contribution in [2.75, 3.05) is 5.32 Å². The summed E-state index contributed by atoms with van der Waals surface area (Å²) in [6.45, 7) is 3.28. The number of hydrogen-bond donors (Lipinski definition) is 2. The van der Waals surface area contributed by atoms with Crippen LogP contribution in [0.5, 0.6) is 0 Å². The molecule has 2 unspecified atom stereocenters. The molecule has 2 N–H and O–H groups in total. The number of carbonyl (C=O) groups is 2. The largest absolute Gasteiger partial charge is 0.481 e. The molecule has 2 aromatic carbocycles. The highest BCUT2D eigenvalue weighted by molar-refractivity contribution is 5.95. The Morgan fingerprint density at radius 2 is 1.68 bits per heavy atom. The first-order valence-corrected chi connectivity index (χ1v) is 8.19. The van der Waals surface area contributed by atoms with Crippen LogP contribution >= 0.6 is 0 Å². The highest BCUT2D eigenvalue weighted by atomic mass is 19.1. The molecule has 3 rings (SSSR count). The van der Waals surface area contributed by atoms with Gasteiger partial charge in [-0.3, -0.25) is 9.59 Å². The van der Waals surface area contributed by atoms with Crippen LogP contribution < -0.4 is 5.32 Å². The minimum Gasteiger partial charge on any atom is -0.481 e. The monoisotopic (exact) mass is 341 g/mol. The molecule has 0 aliphatic heterocycles. The maximum absolute atomic E-state index is 13.0. The molecule has 1 fully saturated rings. The second-order valence-electron chi connectivity index (χ2n) is 7.00. The van der Waals surface area contributed by atoms with Crippen molar-refractivity contribution in [2.45, 2.75) is 31.6 Å². The SMILES string of the molecule is CC(C)(C(=O)O)c1ccc(NC(=O)C2CC2c2ccc(F)cc2)cc1. The Bertz CT molecular complexity index is 797. The molecule has 0 heterocycles. The molecule has 5 heteroatoms. The van der Waals surface area contributed by atoms with Crippen molar-refractivity contribution in [2.24, 2.45) is 5.92 Å². The van der Waals surface area contributed by atoms with E-state index >= 15 is 0 Å². The topological polar surface area (TPSA) is 66.4 Å². The Labute approximate surface area is 145 Å². The number of aliphatic carboxylic acids is 1. The van der Waals surface area contributed by atoms with E-state index in [-0.39, 0.29) is 23.6 Å². The Morgan fingerprint density at radius 3 is 2.24 bits per heavy atom. The van der Waals surface area contributed by atoms with Gasteiger partial charge >= 0.3 is 5.97 Å². The summed E-state index contributed by atoms with van der Waals surface area (Å²) in [6, 6.07) is 13.1. The average Bonchev–Trinajstić information content (AvgIpc) is 3.36. The summed E-state index contributed by atoms with van der Waals surface area (Å²) in [5.41, 5.74) is 1.31. The number of carboxylic acid groups (broad SMARTS) is 1. The molecule has 25 heavy (non-hydrogen) atoms. The summed E-state index contributed by atoms with van der Waals surface area (Å²) < 4.78 is 13.0. The molecule has 1 aliphatic rings. The summed E-state index contributed by atoms with van der Waals surface area (Å²) in [6.07, 6.45) is 0.752. The Hall–Kier alpha value is -2.69. The first-order chi connectivity index (χ1) is 11.8. The zero-order chi connectivity index (χ0) is 18.2. The van der Waals surface area contributed by atoms with Crippen molar-refractivity contribution >= 4 is 17.6 Å². The van der Waals surface area contributed by atoms with E-state index in [0.29, 0.717) is 11.3 Å². The number of amides is 1. The predicted octanol–water partition coefficient (Wildman–Crippen LogP) is 3.93. The second kappa shape index (κ2) is 6.31. The van der Waals surface area contributed by atoms with E-state index in [4.69, 9.17) is 0 Å². The van der Waals surface area contributed by atoms with Gasteiger partial charge in [0.15, 0.2) is 0 Å². The summed E-state index contributed by atoms with van der Waals surface area (Å²) in [5, 5.41) is 12.1. The van der Waals surface area contributed by atoms with E-state index in [1.165, 1.54) is 12.1 Å². The highest BCUT2D eigenvalue weighted by Gasteiger charge is 2.43. The fourth-order valence-corrected chi connectivity index (χ4v) is 2.89. The van der Waals surface area contributed by atoms with Gasteiger partial charge in [0.1, 0.15) is 5.82 Å². The van der Waals surface area contributed by atoms with E-state index in [1.807, 2.05) is 0 Å². The van der Waals surface area contributed by atoms with Crippen LogP contribution in [0.2, 0.25) is 0 Å². The number of carboxylic acids is 1. The van der Waals surface area contributed by atoms with Gasteiger partial charge in [-0.1, -0.05) is 24.3 Å². The second-order valence-corrected chi connectivity index (χ2v) is 7.00. The van der Waals surface area contributed by atoms with Crippen LogP contribution in [0.4, 0.5) is 10.1 Å². The van der Waals surface area contributed by atoms with Crippen LogP contribution in [0.3, 0.4) is 0 Å². The third-order valence-electron chi connectivity index (χ3n) is 4.83. The van der Waals surface area contributed by atoms with E-state index < -0.39 is 11.4 Å². The molecule has 1 aliphatic carbocycles. The van der Waals surface area contributed by atoms with Crippen LogP contribution in [0, 0.1) is 11.7 Å². The lowest BCUT2D eigenvalue weighted by atomic mass is 9.85. The lowest BCUT2D eigenvalue weighted by molar-refractivity contribution is -0.142. The average molecular weight is 341 g/mol. The first-order valence-electron chi connectivity index (χ1n) is 8.19. The fourth-order valence-electron chi connectivity index (χ4n) is 2.89. The van der Waals surface area contributed by atoms with Crippen LogP contribution in [-0.2, 0) is 15.0 Å². The van der Waals surface area contributed by atoms with Crippen molar-refractivity contribution < 1.29 is 19.1 Å². The van der Waals surface area contributed by atoms with Gasteiger partial charge in [-0.05, 0) is 61.6 Å². The summed E-state index contributed by atoms with van der Waals surface area (Å²) >= 11 is 0. The molecule has 1 saturated carbocycles. The Kier molecular flexibility index (Phi) is 4.33. The van der Waals surface area contributed by atoms with Crippen LogP contribution in [0.1, 0.15) is 37.3 Å². The van der Waals surface area contributed by atoms with E-state index in [0.717, 1.165) is 12.0 Å². The minimum absolute atomic E-state index is 0.0698.